The van der Waals surface area contributed by atoms with E-state index in [1.165, 1.54) is 62.1 Å². The summed E-state index contributed by atoms with van der Waals surface area (Å²) in [4.78, 5) is 4.11. The molecule has 1 saturated carbocycles. The van der Waals surface area contributed by atoms with Crippen molar-refractivity contribution in [1.29, 1.82) is 0 Å². The van der Waals surface area contributed by atoms with Gasteiger partial charge in [-0.25, -0.2) is 0 Å². The van der Waals surface area contributed by atoms with Crippen molar-refractivity contribution in [3.05, 3.63) is 66.2 Å². The number of hydrogen-bond donors (Lipinski definition) is 1. The number of nitrogens with one attached hydrogen (secondary N) is 1. The second-order valence-corrected chi connectivity index (χ2v) is 9.06. The van der Waals surface area contributed by atoms with Crippen LogP contribution in [0.5, 0.6) is 0 Å². The molecule has 144 valence electrons. The van der Waals surface area contributed by atoms with Crippen molar-refractivity contribution in [2.45, 2.75) is 55.4 Å². The van der Waals surface area contributed by atoms with E-state index in [1.54, 1.807) is 11.9 Å². The van der Waals surface area contributed by atoms with Crippen LogP contribution in [0.2, 0.25) is 0 Å². The van der Waals surface area contributed by atoms with Crippen LogP contribution in [0, 0.1) is 5.92 Å². The monoisotopic (exact) mass is 380 g/mol. The predicted molar refractivity (Wildman–Crippen MR) is 116 cm³/mol. The molecule has 0 aromatic heterocycles. The molecular formula is C24H32N2S. The van der Waals surface area contributed by atoms with Crippen molar-refractivity contribution in [2.75, 3.05) is 19.6 Å². The molecule has 0 radical (unpaired) electrons. The van der Waals surface area contributed by atoms with Gasteiger partial charge in [0.15, 0.2) is 0 Å². The Morgan fingerprint density at radius 3 is 2.44 bits per heavy atom. The van der Waals surface area contributed by atoms with Crippen LogP contribution < -0.4 is 4.72 Å². The quantitative estimate of drug-likeness (QED) is 0.590. The van der Waals surface area contributed by atoms with Gasteiger partial charge >= 0.3 is 0 Å². The third-order valence-corrected chi connectivity index (χ3v) is 7.23. The summed E-state index contributed by atoms with van der Waals surface area (Å²) < 4.78 is 3.63. The van der Waals surface area contributed by atoms with E-state index in [0.717, 1.165) is 18.5 Å². The van der Waals surface area contributed by atoms with Crippen molar-refractivity contribution in [3.63, 3.8) is 0 Å². The summed E-state index contributed by atoms with van der Waals surface area (Å²) in [5, 5.41) is 0. The number of benzene rings is 2. The van der Waals surface area contributed by atoms with Crippen LogP contribution in [0.25, 0.3) is 0 Å². The first-order valence-electron chi connectivity index (χ1n) is 10.6. The zero-order valence-electron chi connectivity index (χ0n) is 16.2. The van der Waals surface area contributed by atoms with E-state index in [4.69, 9.17) is 0 Å². The van der Waals surface area contributed by atoms with E-state index in [9.17, 15) is 0 Å². The first-order valence-corrected chi connectivity index (χ1v) is 11.5. The standard InChI is InChI=1S/C24H32N2S/c1-3-9-20(10-4-1)22(19-25-27-23-12-5-2-6-13-23)16-18-26-17-8-7-11-21-14-15-24(21)26/h1-6,9-10,12-13,21-22,24-25H,7-8,11,14-19H2/t21-,22?,24?/m1/s1. The van der Waals surface area contributed by atoms with Crippen molar-refractivity contribution in [3.8, 4) is 0 Å². The molecule has 1 saturated heterocycles. The zero-order valence-corrected chi connectivity index (χ0v) is 17.0. The molecule has 1 aliphatic heterocycles. The van der Waals surface area contributed by atoms with Crippen LogP contribution in [-0.2, 0) is 0 Å². The van der Waals surface area contributed by atoms with Gasteiger partial charge in [-0.15, -0.1) is 0 Å². The van der Waals surface area contributed by atoms with Crippen LogP contribution in [0.15, 0.2) is 65.6 Å². The lowest BCUT2D eigenvalue weighted by Crippen LogP contribution is -2.46. The molecule has 2 aromatic rings. The van der Waals surface area contributed by atoms with Crippen molar-refractivity contribution in [2.24, 2.45) is 5.92 Å². The Kier molecular flexibility index (Phi) is 6.89. The third-order valence-electron chi connectivity index (χ3n) is 6.42. The second-order valence-electron chi connectivity index (χ2n) is 8.10. The molecule has 2 aromatic carbocycles. The van der Waals surface area contributed by atoms with Crippen LogP contribution >= 0.6 is 11.9 Å². The highest BCUT2D eigenvalue weighted by Crippen LogP contribution is 2.38. The van der Waals surface area contributed by atoms with E-state index < -0.39 is 0 Å². The van der Waals surface area contributed by atoms with Crippen LogP contribution in [0.4, 0.5) is 0 Å². The summed E-state index contributed by atoms with van der Waals surface area (Å²) in [6.07, 6.45) is 8.45. The maximum absolute atomic E-state index is 3.63. The van der Waals surface area contributed by atoms with Crippen LogP contribution in [0.1, 0.15) is 50.0 Å². The first kappa shape index (κ1) is 19.0. The number of fused-ring (bicyclic) bond motifs is 1. The van der Waals surface area contributed by atoms with E-state index in [1.807, 2.05) is 0 Å². The molecular weight excluding hydrogens is 348 g/mol. The highest BCUT2D eigenvalue weighted by atomic mass is 32.2. The second kappa shape index (κ2) is 9.77. The molecule has 1 aliphatic carbocycles. The van der Waals surface area contributed by atoms with E-state index in [0.29, 0.717) is 5.92 Å². The Morgan fingerprint density at radius 1 is 0.926 bits per heavy atom. The topological polar surface area (TPSA) is 15.3 Å². The third kappa shape index (κ3) is 5.16. The SMILES string of the molecule is c1ccc(SNCC(CCN2CCCC[C@@H]3CCC32)c2ccccc2)cc1. The fraction of sp³-hybridized carbons (Fsp3) is 0.500. The summed E-state index contributed by atoms with van der Waals surface area (Å²) in [6, 6.07) is 22.6. The largest absolute Gasteiger partial charge is 0.300 e. The number of likely N-dealkylation sites (tertiary alicyclic amines) is 1. The minimum atomic E-state index is 0.573. The van der Waals surface area contributed by atoms with E-state index in [2.05, 4.69) is 70.3 Å². The van der Waals surface area contributed by atoms with Gasteiger partial charge in [0.2, 0.25) is 0 Å². The fourth-order valence-corrected chi connectivity index (χ4v) is 5.43. The molecule has 1 heterocycles. The molecule has 1 N–H and O–H groups in total. The Hall–Kier alpha value is -1.29. The van der Waals surface area contributed by atoms with Gasteiger partial charge < -0.3 is 4.90 Å². The first-order chi connectivity index (χ1) is 13.4. The average molecular weight is 381 g/mol. The molecule has 0 amide bonds. The summed E-state index contributed by atoms with van der Waals surface area (Å²) in [5.41, 5.74) is 1.47. The Labute approximate surface area is 168 Å². The number of hydrogen-bond acceptors (Lipinski definition) is 3. The van der Waals surface area contributed by atoms with Gasteiger partial charge in [-0.1, -0.05) is 55.0 Å². The van der Waals surface area contributed by atoms with Gasteiger partial charge in [0.05, 0.1) is 0 Å². The maximum Gasteiger partial charge on any atom is 0.0228 e. The van der Waals surface area contributed by atoms with E-state index in [-0.39, 0.29) is 0 Å². The molecule has 2 nitrogen and oxygen atoms in total. The predicted octanol–water partition coefficient (Wildman–Crippen LogP) is 5.72. The highest BCUT2D eigenvalue weighted by Gasteiger charge is 2.36. The zero-order chi connectivity index (χ0) is 18.3. The number of rotatable bonds is 8. The van der Waals surface area contributed by atoms with Gasteiger partial charge in [-0.3, -0.25) is 4.72 Å². The average Bonchev–Trinajstić information content (AvgIpc) is 2.83. The van der Waals surface area contributed by atoms with Crippen LogP contribution in [0.3, 0.4) is 0 Å². The molecule has 2 aliphatic rings. The van der Waals surface area contributed by atoms with Gasteiger partial charge in [-0.2, -0.15) is 0 Å². The lowest BCUT2D eigenvalue weighted by molar-refractivity contribution is 0.0715. The van der Waals surface area contributed by atoms with Crippen molar-refractivity contribution >= 4 is 11.9 Å². The summed E-state index contributed by atoms with van der Waals surface area (Å²) >= 11 is 1.76. The van der Waals surface area contributed by atoms with Crippen molar-refractivity contribution in [1.82, 2.24) is 9.62 Å². The Balaban J connectivity index is 1.34. The van der Waals surface area contributed by atoms with Gasteiger partial charge in [0.1, 0.15) is 0 Å². The normalized spacial score (nSPS) is 23.9. The lowest BCUT2D eigenvalue weighted by atomic mass is 9.76. The molecule has 4 rings (SSSR count). The lowest BCUT2D eigenvalue weighted by Gasteiger charge is -2.43. The molecule has 3 atom stereocenters. The summed E-state index contributed by atoms with van der Waals surface area (Å²) in [5.74, 6) is 1.57. The van der Waals surface area contributed by atoms with E-state index >= 15 is 0 Å². The molecule has 2 fully saturated rings. The number of nitrogens with zero attached hydrogens (tertiary/aromatic N) is 1. The molecule has 27 heavy (non-hydrogen) atoms. The molecule has 2 unspecified atom stereocenters. The van der Waals surface area contributed by atoms with Crippen LogP contribution in [-0.4, -0.2) is 30.6 Å². The van der Waals surface area contributed by atoms with Crippen molar-refractivity contribution < 1.29 is 0 Å². The fourth-order valence-electron chi connectivity index (χ4n) is 4.68. The molecule has 0 spiro atoms. The minimum Gasteiger partial charge on any atom is -0.300 e. The Morgan fingerprint density at radius 2 is 1.70 bits per heavy atom. The molecule has 3 heteroatoms. The minimum absolute atomic E-state index is 0.573. The molecule has 0 bridgehead atoms. The van der Waals surface area contributed by atoms with Gasteiger partial charge in [-0.05, 0) is 86.7 Å². The maximum atomic E-state index is 3.63. The summed E-state index contributed by atoms with van der Waals surface area (Å²) in [6.45, 7) is 3.58. The highest BCUT2D eigenvalue weighted by molar-refractivity contribution is 7.97. The summed E-state index contributed by atoms with van der Waals surface area (Å²) in [7, 11) is 0. The smallest absolute Gasteiger partial charge is 0.0228 e. The van der Waals surface area contributed by atoms with Gasteiger partial charge in [0.25, 0.3) is 0 Å². The Bertz CT molecular complexity index is 675. The van der Waals surface area contributed by atoms with Gasteiger partial charge in [0, 0.05) is 17.5 Å².